The molecule has 3 rings (SSSR count). The average molecular weight is 368 g/mol. The van der Waals surface area contributed by atoms with Crippen molar-refractivity contribution in [2.45, 2.75) is 42.6 Å². The van der Waals surface area contributed by atoms with Crippen LogP contribution in [0, 0.1) is 0 Å². The molecule has 1 atom stereocenters. The second-order valence-electron chi connectivity index (χ2n) is 5.88. The first-order chi connectivity index (χ1) is 12.0. The van der Waals surface area contributed by atoms with E-state index in [-0.39, 0.29) is 28.7 Å². The summed E-state index contributed by atoms with van der Waals surface area (Å²) >= 11 is 0. The van der Waals surface area contributed by atoms with Gasteiger partial charge in [0, 0.05) is 18.2 Å². The Morgan fingerprint density at radius 1 is 1.36 bits per heavy atom. The molecule has 8 nitrogen and oxygen atoms in total. The third-order valence-corrected chi connectivity index (χ3v) is 6.09. The van der Waals surface area contributed by atoms with Crippen LogP contribution in [0.4, 0.5) is 0 Å². The Morgan fingerprint density at radius 2 is 2.16 bits per heavy atom. The maximum atomic E-state index is 12.2. The third kappa shape index (κ3) is 4.16. The zero-order chi connectivity index (χ0) is 17.9. The van der Waals surface area contributed by atoms with E-state index in [0.29, 0.717) is 38.0 Å². The summed E-state index contributed by atoms with van der Waals surface area (Å²) in [7, 11) is -3.38. The number of oxime groups is 1. The van der Waals surface area contributed by atoms with Gasteiger partial charge in [0.15, 0.2) is 26.7 Å². The Bertz CT molecular complexity index is 749. The summed E-state index contributed by atoms with van der Waals surface area (Å²) in [4.78, 5) is 21.5. The van der Waals surface area contributed by atoms with Crippen LogP contribution in [0.1, 0.15) is 31.7 Å². The van der Waals surface area contributed by atoms with Gasteiger partial charge in [-0.15, -0.1) is 0 Å². The predicted octanol–water partition coefficient (Wildman–Crippen LogP) is 1.09. The van der Waals surface area contributed by atoms with Crippen molar-refractivity contribution >= 4 is 21.5 Å². The average Bonchev–Trinajstić information content (AvgIpc) is 3.34. The summed E-state index contributed by atoms with van der Waals surface area (Å²) < 4.78 is 34.6. The molecular weight excluding hydrogens is 348 g/mol. The molecule has 2 fully saturated rings. The molecular formula is C16H20N2O6S. The number of carbonyl (C=O) groups is 1. The van der Waals surface area contributed by atoms with E-state index in [1.165, 1.54) is 18.3 Å². The van der Waals surface area contributed by atoms with Crippen LogP contribution in [0.3, 0.4) is 0 Å². The minimum absolute atomic E-state index is 0.00655. The summed E-state index contributed by atoms with van der Waals surface area (Å²) in [5.41, 5.74) is 0.295. The Labute approximate surface area is 146 Å². The summed E-state index contributed by atoms with van der Waals surface area (Å²) in [6.07, 6.45) is 3.11. The molecule has 1 aliphatic heterocycles. The highest BCUT2D eigenvalue weighted by Crippen LogP contribution is 2.32. The lowest BCUT2D eigenvalue weighted by atomic mass is 10.2. The Kier molecular flexibility index (Phi) is 5.33. The number of carbonyl (C=O) groups excluding carboxylic acids is 1. The van der Waals surface area contributed by atoms with Crippen molar-refractivity contribution in [1.82, 2.24) is 4.98 Å². The van der Waals surface area contributed by atoms with E-state index in [4.69, 9.17) is 14.3 Å². The Morgan fingerprint density at radius 3 is 2.72 bits per heavy atom. The molecule has 0 N–H and O–H groups in total. The van der Waals surface area contributed by atoms with Crippen molar-refractivity contribution in [1.29, 1.82) is 0 Å². The van der Waals surface area contributed by atoms with Gasteiger partial charge >= 0.3 is 5.97 Å². The molecule has 2 aliphatic rings. The molecule has 0 spiro atoms. The maximum absolute atomic E-state index is 12.2. The first-order valence-corrected chi connectivity index (χ1v) is 9.76. The zero-order valence-corrected chi connectivity index (χ0v) is 14.7. The summed E-state index contributed by atoms with van der Waals surface area (Å²) in [6.45, 7) is 2.87. The van der Waals surface area contributed by atoms with Gasteiger partial charge in [0.1, 0.15) is 0 Å². The topological polar surface area (TPSA) is 104 Å². The first-order valence-electron chi connectivity index (χ1n) is 8.21. The highest BCUT2D eigenvalue weighted by Gasteiger charge is 2.37. The highest BCUT2D eigenvalue weighted by atomic mass is 32.2. The van der Waals surface area contributed by atoms with Gasteiger partial charge in [-0.2, -0.15) is 0 Å². The van der Waals surface area contributed by atoms with E-state index in [2.05, 4.69) is 10.1 Å². The molecule has 0 amide bonds. The number of pyridine rings is 1. The molecule has 1 aliphatic carbocycles. The number of ether oxygens (including phenoxy) is 2. The van der Waals surface area contributed by atoms with Crippen LogP contribution < -0.4 is 0 Å². The van der Waals surface area contributed by atoms with Gasteiger partial charge in [-0.05, 0) is 31.9 Å². The van der Waals surface area contributed by atoms with E-state index in [0.717, 1.165) is 0 Å². The van der Waals surface area contributed by atoms with Crippen LogP contribution in [0.25, 0.3) is 0 Å². The van der Waals surface area contributed by atoms with Gasteiger partial charge in [0.25, 0.3) is 0 Å². The van der Waals surface area contributed by atoms with Crippen molar-refractivity contribution in [3.8, 4) is 0 Å². The van der Waals surface area contributed by atoms with Crippen LogP contribution in [0.2, 0.25) is 0 Å². The molecule has 136 valence electrons. The van der Waals surface area contributed by atoms with E-state index in [9.17, 15) is 13.2 Å². The van der Waals surface area contributed by atoms with Gasteiger partial charge in [0.2, 0.25) is 0 Å². The van der Waals surface area contributed by atoms with Gasteiger partial charge in [-0.3, -0.25) is 0 Å². The molecule has 0 bridgehead atoms. The Hall–Kier alpha value is -2.00. The third-order valence-electron chi connectivity index (χ3n) is 3.91. The maximum Gasteiger partial charge on any atom is 0.361 e. The molecule has 0 radical (unpaired) electrons. The van der Waals surface area contributed by atoms with Gasteiger partial charge in [-0.25, -0.2) is 18.2 Å². The number of sulfone groups is 1. The van der Waals surface area contributed by atoms with Crippen molar-refractivity contribution in [3.05, 3.63) is 23.9 Å². The molecule has 1 saturated carbocycles. The lowest BCUT2D eigenvalue weighted by Gasteiger charge is -2.09. The number of esters is 1. The second-order valence-corrected chi connectivity index (χ2v) is 8.06. The minimum Gasteiger partial charge on any atom is -0.461 e. The van der Waals surface area contributed by atoms with Crippen molar-refractivity contribution in [3.63, 3.8) is 0 Å². The van der Waals surface area contributed by atoms with Gasteiger partial charge in [0.05, 0.1) is 25.1 Å². The van der Waals surface area contributed by atoms with E-state index in [1.807, 2.05) is 0 Å². The van der Waals surface area contributed by atoms with E-state index < -0.39 is 15.8 Å². The molecule has 1 aromatic rings. The number of aromatic nitrogens is 1. The molecule has 2 heterocycles. The fourth-order valence-electron chi connectivity index (χ4n) is 2.37. The van der Waals surface area contributed by atoms with Crippen LogP contribution >= 0.6 is 0 Å². The minimum atomic E-state index is -3.38. The molecule has 0 aromatic carbocycles. The van der Waals surface area contributed by atoms with Crippen molar-refractivity contribution < 1.29 is 27.5 Å². The number of nitrogens with zero attached hydrogens (tertiary/aromatic N) is 2. The predicted molar refractivity (Wildman–Crippen MR) is 87.9 cm³/mol. The van der Waals surface area contributed by atoms with E-state index >= 15 is 0 Å². The smallest absolute Gasteiger partial charge is 0.361 e. The second kappa shape index (κ2) is 7.49. The highest BCUT2D eigenvalue weighted by molar-refractivity contribution is 7.92. The van der Waals surface area contributed by atoms with Crippen LogP contribution in [0.5, 0.6) is 0 Å². The summed E-state index contributed by atoms with van der Waals surface area (Å²) in [5, 5.41) is 3.57. The van der Waals surface area contributed by atoms with Crippen molar-refractivity contribution in [2.24, 2.45) is 5.16 Å². The number of rotatable bonds is 7. The molecule has 25 heavy (non-hydrogen) atoms. The molecule has 9 heteroatoms. The number of hydrogen-bond donors (Lipinski definition) is 0. The fourth-order valence-corrected chi connectivity index (χ4v) is 3.92. The van der Waals surface area contributed by atoms with Crippen LogP contribution in [-0.4, -0.2) is 56.3 Å². The zero-order valence-electron chi connectivity index (χ0n) is 13.9. The standard InChI is InChI=1S/C16H20N2O6S/c1-2-23-16(19)15(18-24-12-7-8-22-10-12)11-3-6-14(17-9-11)25(20,21)13-4-5-13/h3,6,9,12-13H,2,4-5,7-8,10H2,1H3/t12-/m1/s1. The van der Waals surface area contributed by atoms with Crippen molar-refractivity contribution in [2.75, 3.05) is 19.8 Å². The molecule has 1 aromatic heterocycles. The lowest BCUT2D eigenvalue weighted by Crippen LogP contribution is -2.21. The quantitative estimate of drug-likeness (QED) is 0.403. The monoisotopic (exact) mass is 368 g/mol. The fraction of sp³-hybridized carbons (Fsp3) is 0.562. The SMILES string of the molecule is CCOC(=O)C(=NO[C@@H]1CCOC1)c1ccc(S(=O)(=O)C2CC2)nc1. The molecule has 1 saturated heterocycles. The number of hydrogen-bond acceptors (Lipinski definition) is 8. The first kappa shape index (κ1) is 17.8. The largest absolute Gasteiger partial charge is 0.461 e. The summed E-state index contributed by atoms with van der Waals surface area (Å²) in [5.74, 6) is -0.652. The van der Waals surface area contributed by atoms with E-state index in [1.54, 1.807) is 6.92 Å². The van der Waals surface area contributed by atoms with Crippen LogP contribution in [0.15, 0.2) is 28.5 Å². The summed E-state index contributed by atoms with van der Waals surface area (Å²) in [6, 6.07) is 2.88. The van der Waals surface area contributed by atoms with Crippen LogP contribution in [-0.2, 0) is 28.9 Å². The Balaban J connectivity index is 1.82. The molecule has 0 unspecified atom stereocenters. The van der Waals surface area contributed by atoms with Gasteiger partial charge < -0.3 is 14.3 Å². The normalized spacial score (nSPS) is 21.2. The lowest BCUT2D eigenvalue weighted by molar-refractivity contribution is -0.135. The van der Waals surface area contributed by atoms with Gasteiger partial charge in [-0.1, -0.05) is 5.16 Å².